The van der Waals surface area contributed by atoms with Crippen LogP contribution in [0.1, 0.15) is 19.3 Å². The van der Waals surface area contributed by atoms with Gasteiger partial charge in [-0.15, -0.1) is 0 Å². The molecule has 1 amide bonds. The van der Waals surface area contributed by atoms with Crippen molar-refractivity contribution in [2.45, 2.75) is 29.1 Å². The van der Waals surface area contributed by atoms with Gasteiger partial charge in [-0.25, -0.2) is 8.42 Å². The van der Waals surface area contributed by atoms with E-state index in [4.69, 9.17) is 4.74 Å². The second kappa shape index (κ2) is 6.19. The van der Waals surface area contributed by atoms with E-state index >= 15 is 0 Å². The molecule has 0 spiro atoms. The van der Waals surface area contributed by atoms with Crippen LogP contribution < -0.4 is 9.64 Å². The van der Waals surface area contributed by atoms with Crippen molar-refractivity contribution in [3.05, 3.63) is 48.5 Å². The number of carbonyl (C=O) groups is 1. The third-order valence-electron chi connectivity index (χ3n) is 4.88. The number of hydrogen-bond donors (Lipinski definition) is 0. The molecule has 5 nitrogen and oxygen atoms in total. The zero-order valence-corrected chi connectivity index (χ0v) is 14.5. The van der Waals surface area contributed by atoms with Gasteiger partial charge >= 0.3 is 0 Å². The molecular weight excluding hydrogens is 338 g/mol. The number of nitrogens with zero attached hydrogens (tertiary/aromatic N) is 1. The van der Waals surface area contributed by atoms with Gasteiger partial charge in [0.25, 0.3) is 0 Å². The number of sulfone groups is 1. The van der Waals surface area contributed by atoms with Gasteiger partial charge in [-0.3, -0.25) is 4.79 Å². The number of rotatable bonds is 3. The van der Waals surface area contributed by atoms with E-state index in [1.165, 1.54) is 0 Å². The molecule has 1 fully saturated rings. The summed E-state index contributed by atoms with van der Waals surface area (Å²) in [6.07, 6.45) is 2.90. The predicted octanol–water partition coefficient (Wildman–Crippen LogP) is 3.04. The molecule has 130 valence electrons. The molecule has 0 bridgehead atoms. The van der Waals surface area contributed by atoms with Crippen molar-refractivity contribution in [3.8, 4) is 5.75 Å². The van der Waals surface area contributed by atoms with E-state index in [1.54, 1.807) is 53.4 Å². The van der Waals surface area contributed by atoms with Crippen molar-refractivity contribution in [2.75, 3.05) is 18.1 Å². The van der Waals surface area contributed by atoms with Crippen LogP contribution in [0.25, 0.3) is 0 Å². The zero-order chi connectivity index (χ0) is 17.4. The second-order valence-corrected chi connectivity index (χ2v) is 8.36. The number of fused-ring (bicyclic) bond motifs is 1. The summed E-state index contributed by atoms with van der Waals surface area (Å²) in [4.78, 5) is 14.8. The fourth-order valence-corrected chi connectivity index (χ4v) is 4.51. The highest BCUT2D eigenvalue weighted by Gasteiger charge is 2.33. The molecular formula is C19H19NO4S. The molecule has 2 aromatic rings. The monoisotopic (exact) mass is 357 g/mol. The first kappa shape index (κ1) is 16.1. The molecule has 1 saturated carbocycles. The lowest BCUT2D eigenvalue weighted by Crippen LogP contribution is -2.43. The molecule has 1 heterocycles. The van der Waals surface area contributed by atoms with Crippen LogP contribution in [0.3, 0.4) is 0 Å². The molecule has 1 aliphatic carbocycles. The SMILES string of the molecule is O=C(C1CCC1)N1CCOc2ccc(S(=O)(=O)c3ccccc3)cc21. The minimum atomic E-state index is -3.63. The van der Waals surface area contributed by atoms with E-state index < -0.39 is 9.84 Å². The van der Waals surface area contributed by atoms with E-state index in [0.29, 0.717) is 24.6 Å². The number of amides is 1. The molecule has 2 aromatic carbocycles. The Morgan fingerprint density at radius 3 is 2.48 bits per heavy atom. The van der Waals surface area contributed by atoms with E-state index in [1.807, 2.05) is 0 Å². The molecule has 6 heteroatoms. The Morgan fingerprint density at radius 2 is 1.80 bits per heavy atom. The Hall–Kier alpha value is -2.34. The third-order valence-corrected chi connectivity index (χ3v) is 6.65. The maximum Gasteiger partial charge on any atom is 0.230 e. The van der Waals surface area contributed by atoms with Crippen molar-refractivity contribution >= 4 is 21.4 Å². The fraction of sp³-hybridized carbons (Fsp3) is 0.316. The molecule has 0 N–H and O–H groups in total. The lowest BCUT2D eigenvalue weighted by Gasteiger charge is -2.35. The van der Waals surface area contributed by atoms with E-state index in [9.17, 15) is 13.2 Å². The van der Waals surface area contributed by atoms with Crippen LogP contribution in [-0.2, 0) is 14.6 Å². The van der Waals surface area contributed by atoms with Gasteiger partial charge in [-0.2, -0.15) is 0 Å². The van der Waals surface area contributed by atoms with Crippen LogP contribution in [0.2, 0.25) is 0 Å². The van der Waals surface area contributed by atoms with Gasteiger partial charge in [-0.1, -0.05) is 24.6 Å². The Kier molecular flexibility index (Phi) is 4.00. The number of hydrogen-bond acceptors (Lipinski definition) is 4. The Bertz CT molecular complexity index is 904. The van der Waals surface area contributed by atoms with Gasteiger partial charge in [0.05, 0.1) is 22.0 Å². The molecule has 0 aromatic heterocycles. The zero-order valence-electron chi connectivity index (χ0n) is 13.7. The summed E-state index contributed by atoms with van der Waals surface area (Å²) in [6.45, 7) is 0.882. The fourth-order valence-electron chi connectivity index (χ4n) is 3.20. The largest absolute Gasteiger partial charge is 0.490 e. The van der Waals surface area contributed by atoms with Crippen LogP contribution in [-0.4, -0.2) is 27.5 Å². The summed E-state index contributed by atoms with van der Waals surface area (Å²) in [5.41, 5.74) is 0.556. The Labute approximate surface area is 147 Å². The maximum atomic E-state index is 12.9. The average molecular weight is 357 g/mol. The molecule has 1 aliphatic heterocycles. The van der Waals surface area contributed by atoms with Crippen LogP contribution >= 0.6 is 0 Å². The molecule has 0 saturated heterocycles. The minimum absolute atomic E-state index is 0.0559. The van der Waals surface area contributed by atoms with Gasteiger partial charge in [-0.05, 0) is 43.2 Å². The summed E-state index contributed by atoms with van der Waals surface area (Å²) in [5, 5.41) is 0. The van der Waals surface area contributed by atoms with Gasteiger partial charge in [0, 0.05) is 5.92 Å². The van der Waals surface area contributed by atoms with Crippen molar-refractivity contribution in [2.24, 2.45) is 5.92 Å². The molecule has 4 rings (SSSR count). The van der Waals surface area contributed by atoms with E-state index in [2.05, 4.69) is 0 Å². The van der Waals surface area contributed by atoms with Crippen LogP contribution in [0, 0.1) is 5.92 Å². The number of carbonyl (C=O) groups excluding carboxylic acids is 1. The summed E-state index contributed by atoms with van der Waals surface area (Å²) in [6, 6.07) is 13.1. The highest BCUT2D eigenvalue weighted by Crippen LogP contribution is 2.38. The normalized spacial score (nSPS) is 17.4. The Morgan fingerprint density at radius 1 is 1.04 bits per heavy atom. The summed E-state index contributed by atoms with van der Waals surface area (Å²) in [5.74, 6) is 0.691. The van der Waals surface area contributed by atoms with Gasteiger partial charge < -0.3 is 9.64 Å². The smallest absolute Gasteiger partial charge is 0.230 e. The van der Waals surface area contributed by atoms with Crippen molar-refractivity contribution in [1.82, 2.24) is 0 Å². The summed E-state index contributed by atoms with van der Waals surface area (Å²) in [7, 11) is -3.63. The number of ether oxygens (including phenoxy) is 1. The average Bonchev–Trinajstić information content (AvgIpc) is 2.60. The second-order valence-electron chi connectivity index (χ2n) is 6.41. The van der Waals surface area contributed by atoms with Crippen molar-refractivity contribution < 1.29 is 17.9 Å². The maximum absolute atomic E-state index is 12.9. The lowest BCUT2D eigenvalue weighted by atomic mass is 9.84. The van der Waals surface area contributed by atoms with Crippen LogP contribution in [0.5, 0.6) is 5.75 Å². The van der Waals surface area contributed by atoms with Gasteiger partial charge in [0.2, 0.25) is 15.7 Å². The number of anilines is 1. The third kappa shape index (κ3) is 2.80. The highest BCUT2D eigenvalue weighted by atomic mass is 32.2. The summed E-state index contributed by atoms with van der Waals surface area (Å²) >= 11 is 0. The standard InChI is InChI=1S/C19H19NO4S/c21-19(14-5-4-6-14)20-11-12-24-18-10-9-16(13-17(18)20)25(22,23)15-7-2-1-3-8-15/h1-3,7-10,13-14H,4-6,11-12H2. The first-order chi connectivity index (χ1) is 12.1. The van der Waals surface area contributed by atoms with Crippen molar-refractivity contribution in [1.29, 1.82) is 0 Å². The van der Waals surface area contributed by atoms with E-state index in [-0.39, 0.29) is 21.6 Å². The van der Waals surface area contributed by atoms with Crippen LogP contribution in [0.15, 0.2) is 58.3 Å². The van der Waals surface area contributed by atoms with Gasteiger partial charge in [0.15, 0.2) is 0 Å². The first-order valence-corrected chi connectivity index (χ1v) is 9.94. The quantitative estimate of drug-likeness (QED) is 0.847. The van der Waals surface area contributed by atoms with Gasteiger partial charge in [0.1, 0.15) is 12.4 Å². The van der Waals surface area contributed by atoms with Crippen molar-refractivity contribution in [3.63, 3.8) is 0 Å². The molecule has 2 aliphatic rings. The first-order valence-electron chi connectivity index (χ1n) is 8.46. The Balaban J connectivity index is 1.74. The summed E-state index contributed by atoms with van der Waals surface area (Å²) < 4.78 is 31.3. The minimum Gasteiger partial charge on any atom is -0.490 e. The molecule has 0 unspecified atom stereocenters. The van der Waals surface area contributed by atoms with Crippen LogP contribution in [0.4, 0.5) is 5.69 Å². The molecule has 0 radical (unpaired) electrons. The predicted molar refractivity (Wildman–Crippen MR) is 93.5 cm³/mol. The topological polar surface area (TPSA) is 63.7 Å². The molecule has 0 atom stereocenters. The highest BCUT2D eigenvalue weighted by molar-refractivity contribution is 7.91. The lowest BCUT2D eigenvalue weighted by molar-refractivity contribution is -0.125. The van der Waals surface area contributed by atoms with E-state index in [0.717, 1.165) is 19.3 Å². The molecule has 25 heavy (non-hydrogen) atoms. The number of benzene rings is 2.